The zero-order valence-electron chi connectivity index (χ0n) is 7.50. The number of carboxylic acid groups (broad SMARTS) is 1. The van der Waals surface area contributed by atoms with E-state index in [1.54, 1.807) is 0 Å². The van der Waals surface area contributed by atoms with Gasteiger partial charge in [0.25, 0.3) is 0 Å². The fourth-order valence-corrected chi connectivity index (χ4v) is 0.918. The van der Waals surface area contributed by atoms with Crippen LogP contribution in [0, 0.1) is 5.41 Å². The summed E-state index contributed by atoms with van der Waals surface area (Å²) in [5.41, 5.74) is -0.190. The van der Waals surface area contributed by atoms with Crippen LogP contribution in [0.3, 0.4) is 0 Å². The largest absolute Gasteiger partial charge is 0.478 e. The van der Waals surface area contributed by atoms with E-state index >= 15 is 0 Å². The van der Waals surface area contributed by atoms with Crippen LogP contribution in [-0.4, -0.2) is 29.6 Å². The van der Waals surface area contributed by atoms with Gasteiger partial charge in [0.2, 0.25) is 6.10 Å². The number of hydrogen-bond acceptors (Lipinski definition) is 3. The number of nitrogens with zero attached hydrogens (tertiary/aromatic N) is 1. The van der Waals surface area contributed by atoms with Gasteiger partial charge in [-0.3, -0.25) is 4.99 Å². The first-order valence-corrected chi connectivity index (χ1v) is 3.85. The van der Waals surface area contributed by atoms with Gasteiger partial charge in [0, 0.05) is 5.41 Å². The Kier molecular flexibility index (Phi) is 2.08. The summed E-state index contributed by atoms with van der Waals surface area (Å²) in [4.78, 5) is 14.5. The topological polar surface area (TPSA) is 58.9 Å². The number of carbonyl (C=O) groups is 1. The van der Waals surface area contributed by atoms with Crippen molar-refractivity contribution in [1.29, 1.82) is 0 Å². The second-order valence-corrected chi connectivity index (χ2v) is 3.84. The summed E-state index contributed by atoms with van der Waals surface area (Å²) in [7, 11) is 0. The Balaban J connectivity index is 2.61. The molecule has 4 nitrogen and oxygen atoms in total. The zero-order chi connectivity index (χ0) is 9.35. The Bertz CT molecular complexity index is 227. The molecule has 0 fully saturated rings. The number of aliphatic carboxylic acids is 1. The molecule has 0 radical (unpaired) electrons. The maximum Gasteiger partial charge on any atom is 0.346 e. The van der Waals surface area contributed by atoms with Gasteiger partial charge >= 0.3 is 5.97 Å². The molecule has 0 spiro atoms. The highest BCUT2D eigenvalue weighted by Gasteiger charge is 2.32. The monoisotopic (exact) mass is 171 g/mol. The van der Waals surface area contributed by atoms with Gasteiger partial charge in [-0.05, 0) is 0 Å². The number of aliphatic imine (C=N–C) groups is 1. The van der Waals surface area contributed by atoms with Gasteiger partial charge < -0.3 is 9.84 Å². The van der Waals surface area contributed by atoms with Crippen molar-refractivity contribution in [3.05, 3.63) is 0 Å². The summed E-state index contributed by atoms with van der Waals surface area (Å²) in [6, 6.07) is 0. The van der Waals surface area contributed by atoms with Crippen LogP contribution in [0.2, 0.25) is 0 Å². The highest BCUT2D eigenvalue weighted by atomic mass is 16.5. The predicted molar refractivity (Wildman–Crippen MR) is 44.3 cm³/mol. The summed E-state index contributed by atoms with van der Waals surface area (Å²) >= 11 is 0. The second kappa shape index (κ2) is 2.77. The Morgan fingerprint density at radius 2 is 2.25 bits per heavy atom. The highest BCUT2D eigenvalue weighted by Crippen LogP contribution is 2.22. The van der Waals surface area contributed by atoms with Crippen molar-refractivity contribution in [2.75, 3.05) is 6.54 Å². The maximum absolute atomic E-state index is 10.5. The van der Waals surface area contributed by atoms with Crippen molar-refractivity contribution in [3.8, 4) is 0 Å². The lowest BCUT2D eigenvalue weighted by Crippen LogP contribution is -2.28. The summed E-state index contributed by atoms with van der Waals surface area (Å²) in [5.74, 6) is -0.409. The van der Waals surface area contributed by atoms with E-state index in [1.807, 2.05) is 20.8 Å². The molecule has 1 heterocycles. The number of rotatable bonds is 1. The summed E-state index contributed by atoms with van der Waals surface area (Å²) in [6.45, 7) is 6.06. The second-order valence-electron chi connectivity index (χ2n) is 3.84. The number of hydrogen-bond donors (Lipinski definition) is 1. The molecule has 0 aromatic rings. The molecule has 4 heteroatoms. The summed E-state index contributed by atoms with van der Waals surface area (Å²) in [5, 5.41) is 8.60. The predicted octanol–water partition coefficient (Wildman–Crippen LogP) is 0.914. The molecule has 68 valence electrons. The van der Waals surface area contributed by atoms with Gasteiger partial charge in [0.15, 0.2) is 5.90 Å². The first-order chi connectivity index (χ1) is 5.41. The zero-order valence-corrected chi connectivity index (χ0v) is 7.50. The van der Waals surface area contributed by atoms with Crippen molar-refractivity contribution < 1.29 is 14.6 Å². The minimum atomic E-state index is -0.946. The van der Waals surface area contributed by atoms with Crippen molar-refractivity contribution in [1.82, 2.24) is 0 Å². The lowest BCUT2D eigenvalue weighted by Gasteiger charge is -2.18. The molecule has 0 aliphatic carbocycles. The standard InChI is InChI=1S/C8H13NO3/c1-8(2,3)7-9-4-5(12-7)6(10)11/h5H,4H2,1-3H3,(H,10,11). The van der Waals surface area contributed by atoms with E-state index in [0.29, 0.717) is 5.90 Å². The quantitative estimate of drug-likeness (QED) is 0.638. The van der Waals surface area contributed by atoms with Crippen LogP contribution < -0.4 is 0 Å². The molecule has 1 N–H and O–H groups in total. The van der Waals surface area contributed by atoms with Crippen molar-refractivity contribution in [3.63, 3.8) is 0 Å². The first-order valence-electron chi connectivity index (χ1n) is 3.85. The molecule has 0 amide bonds. The van der Waals surface area contributed by atoms with Crippen molar-refractivity contribution >= 4 is 11.9 Å². The molecule has 0 aromatic heterocycles. The fourth-order valence-electron chi connectivity index (χ4n) is 0.918. The molecule has 0 saturated heterocycles. The molecule has 1 unspecified atom stereocenters. The Labute approximate surface area is 71.3 Å². The Morgan fingerprint density at radius 3 is 2.50 bits per heavy atom. The average molecular weight is 171 g/mol. The van der Waals surface area contributed by atoms with E-state index in [2.05, 4.69) is 4.99 Å². The lowest BCUT2D eigenvalue weighted by atomic mass is 9.97. The van der Waals surface area contributed by atoms with E-state index in [0.717, 1.165) is 0 Å². The van der Waals surface area contributed by atoms with Crippen LogP contribution >= 0.6 is 0 Å². The lowest BCUT2D eigenvalue weighted by molar-refractivity contribution is -0.144. The van der Waals surface area contributed by atoms with E-state index in [1.165, 1.54) is 0 Å². The van der Waals surface area contributed by atoms with Crippen LogP contribution in [0.15, 0.2) is 4.99 Å². The average Bonchev–Trinajstić information content (AvgIpc) is 2.30. The van der Waals surface area contributed by atoms with Gasteiger partial charge in [0.1, 0.15) is 0 Å². The molecule has 12 heavy (non-hydrogen) atoms. The molecular weight excluding hydrogens is 158 g/mol. The number of ether oxygens (including phenoxy) is 1. The maximum atomic E-state index is 10.5. The van der Waals surface area contributed by atoms with Gasteiger partial charge in [-0.2, -0.15) is 0 Å². The van der Waals surface area contributed by atoms with Gasteiger partial charge in [-0.25, -0.2) is 4.79 Å². The van der Waals surface area contributed by atoms with Crippen molar-refractivity contribution in [2.45, 2.75) is 26.9 Å². The third kappa shape index (κ3) is 1.75. The molecule has 1 aliphatic heterocycles. The summed E-state index contributed by atoms with van der Waals surface area (Å²) < 4.78 is 5.14. The SMILES string of the molecule is CC(C)(C)C1=NCC(C(=O)O)O1. The minimum Gasteiger partial charge on any atom is -0.478 e. The normalized spacial score (nSPS) is 23.2. The third-order valence-electron chi connectivity index (χ3n) is 1.57. The van der Waals surface area contributed by atoms with E-state index < -0.39 is 12.1 Å². The van der Waals surface area contributed by atoms with Crippen molar-refractivity contribution in [2.24, 2.45) is 10.4 Å². The first kappa shape index (κ1) is 9.03. The molecule has 0 aromatic carbocycles. The smallest absolute Gasteiger partial charge is 0.346 e. The molecular formula is C8H13NO3. The fraction of sp³-hybridized carbons (Fsp3) is 0.750. The van der Waals surface area contributed by atoms with E-state index in [4.69, 9.17) is 9.84 Å². The number of carboxylic acids is 1. The Hall–Kier alpha value is -1.06. The van der Waals surface area contributed by atoms with E-state index in [9.17, 15) is 4.79 Å². The molecule has 0 saturated carbocycles. The Morgan fingerprint density at radius 1 is 1.67 bits per heavy atom. The molecule has 1 atom stereocenters. The third-order valence-corrected chi connectivity index (χ3v) is 1.57. The molecule has 0 bridgehead atoms. The van der Waals surface area contributed by atoms with Gasteiger partial charge in [-0.15, -0.1) is 0 Å². The van der Waals surface area contributed by atoms with E-state index in [-0.39, 0.29) is 12.0 Å². The highest BCUT2D eigenvalue weighted by molar-refractivity contribution is 5.87. The van der Waals surface area contributed by atoms with Gasteiger partial charge in [0.05, 0.1) is 6.54 Å². The minimum absolute atomic E-state index is 0.190. The summed E-state index contributed by atoms with van der Waals surface area (Å²) in [6.07, 6.45) is -0.778. The van der Waals surface area contributed by atoms with Crippen LogP contribution in [0.5, 0.6) is 0 Å². The molecule has 1 rings (SSSR count). The van der Waals surface area contributed by atoms with Crippen LogP contribution in [0.25, 0.3) is 0 Å². The van der Waals surface area contributed by atoms with Crippen LogP contribution in [0.1, 0.15) is 20.8 Å². The van der Waals surface area contributed by atoms with Crippen LogP contribution in [0.4, 0.5) is 0 Å². The van der Waals surface area contributed by atoms with Crippen LogP contribution in [-0.2, 0) is 9.53 Å². The molecule has 1 aliphatic rings. The van der Waals surface area contributed by atoms with Gasteiger partial charge in [-0.1, -0.05) is 20.8 Å².